The number of rotatable bonds is 3. The first-order valence-corrected chi connectivity index (χ1v) is 4.84. The minimum absolute atomic E-state index is 0.0610. The third kappa shape index (κ3) is 2.67. The average Bonchev–Trinajstić information content (AvgIpc) is 2.08. The second-order valence-corrected chi connectivity index (χ2v) is 3.79. The lowest BCUT2D eigenvalue weighted by atomic mass is 10.3. The zero-order chi connectivity index (χ0) is 9.84. The first-order chi connectivity index (χ1) is 6.15. The molecule has 0 aliphatic carbocycles. The van der Waals surface area contributed by atoms with Crippen LogP contribution in [-0.4, -0.2) is 16.2 Å². The van der Waals surface area contributed by atoms with Gasteiger partial charge in [0.25, 0.3) is 0 Å². The molecule has 0 saturated carbocycles. The second kappa shape index (κ2) is 4.58. The summed E-state index contributed by atoms with van der Waals surface area (Å²) in [5.41, 5.74) is 0.697. The molecule has 1 N–H and O–H groups in total. The highest BCUT2D eigenvalue weighted by Gasteiger charge is 2.09. The molecule has 0 saturated heterocycles. The van der Waals surface area contributed by atoms with Gasteiger partial charge in [0.15, 0.2) is 0 Å². The zero-order valence-corrected chi connectivity index (χ0v) is 9.21. The van der Waals surface area contributed by atoms with Crippen LogP contribution < -0.4 is 4.74 Å². The summed E-state index contributed by atoms with van der Waals surface area (Å²) in [5, 5.41) is 9.01. The van der Waals surface area contributed by atoms with Crippen molar-refractivity contribution in [1.82, 2.24) is 4.98 Å². The number of hydrogen-bond acceptors (Lipinski definition) is 3. The Hall–Kier alpha value is -0.610. The molecule has 0 atom stereocenters. The molecule has 1 aromatic heterocycles. The van der Waals surface area contributed by atoms with E-state index in [1.54, 1.807) is 12.4 Å². The lowest BCUT2D eigenvalue weighted by molar-refractivity contribution is 0.223. The molecule has 1 rings (SSSR count). The summed E-state index contributed by atoms with van der Waals surface area (Å²) < 4.78 is 6.29. The molecule has 0 spiro atoms. The number of aromatic nitrogens is 1. The lowest BCUT2D eigenvalue weighted by Crippen LogP contribution is -2.08. The number of aliphatic hydroxyl groups is 1. The molecule has 0 aromatic carbocycles. The molecule has 0 radical (unpaired) electrons. The number of ether oxygens (including phenoxy) is 1. The van der Waals surface area contributed by atoms with Crippen molar-refractivity contribution >= 4 is 15.9 Å². The van der Waals surface area contributed by atoms with Crippen molar-refractivity contribution in [3.63, 3.8) is 0 Å². The first-order valence-electron chi connectivity index (χ1n) is 4.05. The van der Waals surface area contributed by atoms with Gasteiger partial charge in [-0.05, 0) is 29.8 Å². The molecule has 0 amide bonds. The van der Waals surface area contributed by atoms with Crippen LogP contribution in [0.5, 0.6) is 5.75 Å². The molecule has 4 heteroatoms. The third-order valence-electron chi connectivity index (χ3n) is 1.45. The maximum absolute atomic E-state index is 9.01. The smallest absolute Gasteiger partial charge is 0.142 e. The van der Waals surface area contributed by atoms with E-state index >= 15 is 0 Å². The van der Waals surface area contributed by atoms with Gasteiger partial charge in [-0.15, -0.1) is 0 Å². The van der Waals surface area contributed by atoms with Gasteiger partial charge in [0.1, 0.15) is 5.75 Å². The van der Waals surface area contributed by atoms with Gasteiger partial charge >= 0.3 is 0 Å². The molecule has 1 heterocycles. The molecule has 0 fully saturated rings. The highest BCUT2D eigenvalue weighted by Crippen LogP contribution is 2.28. The van der Waals surface area contributed by atoms with E-state index in [0.717, 1.165) is 4.47 Å². The fraction of sp³-hybridized carbons (Fsp3) is 0.444. The van der Waals surface area contributed by atoms with Crippen LogP contribution in [0, 0.1) is 0 Å². The number of hydrogen-bond donors (Lipinski definition) is 1. The standard InChI is InChI=1S/C9H12BrNO2/c1-6(2)13-9-7(5-12)3-11-4-8(9)10/h3-4,6,12H,5H2,1-2H3. The summed E-state index contributed by atoms with van der Waals surface area (Å²) in [6, 6.07) is 0. The molecule has 0 aliphatic heterocycles. The Morgan fingerprint density at radius 1 is 1.54 bits per heavy atom. The van der Waals surface area contributed by atoms with E-state index in [1.165, 1.54) is 0 Å². The van der Waals surface area contributed by atoms with Crippen LogP contribution in [0.2, 0.25) is 0 Å². The fourth-order valence-corrected chi connectivity index (χ4v) is 1.41. The van der Waals surface area contributed by atoms with Crippen LogP contribution in [0.25, 0.3) is 0 Å². The largest absolute Gasteiger partial charge is 0.489 e. The lowest BCUT2D eigenvalue weighted by Gasteiger charge is -2.13. The van der Waals surface area contributed by atoms with Crippen LogP contribution in [0.1, 0.15) is 19.4 Å². The summed E-state index contributed by atoms with van der Waals surface area (Å²) in [4.78, 5) is 3.94. The van der Waals surface area contributed by atoms with Gasteiger partial charge in [-0.2, -0.15) is 0 Å². The van der Waals surface area contributed by atoms with E-state index in [1.807, 2.05) is 13.8 Å². The quantitative estimate of drug-likeness (QED) is 0.888. The summed E-state index contributed by atoms with van der Waals surface area (Å²) >= 11 is 3.32. The minimum atomic E-state index is -0.0610. The molecule has 1 aromatic rings. The Labute approximate surface area is 85.9 Å². The Morgan fingerprint density at radius 3 is 2.77 bits per heavy atom. The van der Waals surface area contributed by atoms with E-state index in [9.17, 15) is 0 Å². The number of aliphatic hydroxyl groups excluding tert-OH is 1. The van der Waals surface area contributed by atoms with Gasteiger partial charge in [-0.1, -0.05) is 0 Å². The van der Waals surface area contributed by atoms with Crippen LogP contribution in [0.15, 0.2) is 16.9 Å². The van der Waals surface area contributed by atoms with E-state index in [-0.39, 0.29) is 12.7 Å². The number of pyridine rings is 1. The van der Waals surface area contributed by atoms with E-state index in [2.05, 4.69) is 20.9 Å². The van der Waals surface area contributed by atoms with Gasteiger partial charge < -0.3 is 9.84 Å². The van der Waals surface area contributed by atoms with Crippen LogP contribution in [0.4, 0.5) is 0 Å². The Kier molecular flexibility index (Phi) is 3.69. The summed E-state index contributed by atoms with van der Waals surface area (Å²) in [5.74, 6) is 0.674. The van der Waals surface area contributed by atoms with Gasteiger partial charge in [-0.3, -0.25) is 4.98 Å². The molecule has 0 aliphatic rings. The Morgan fingerprint density at radius 2 is 2.23 bits per heavy atom. The maximum atomic E-state index is 9.01. The molecule has 72 valence electrons. The molecular weight excluding hydrogens is 234 g/mol. The summed E-state index contributed by atoms with van der Waals surface area (Å²) in [6.07, 6.45) is 3.34. The van der Waals surface area contributed by atoms with Crippen LogP contribution in [-0.2, 0) is 6.61 Å². The van der Waals surface area contributed by atoms with Gasteiger partial charge in [0.2, 0.25) is 0 Å². The van der Waals surface area contributed by atoms with Crippen LogP contribution >= 0.6 is 15.9 Å². The van der Waals surface area contributed by atoms with Crippen molar-refractivity contribution in [3.8, 4) is 5.75 Å². The van der Waals surface area contributed by atoms with Crippen molar-refractivity contribution in [3.05, 3.63) is 22.4 Å². The van der Waals surface area contributed by atoms with Crippen LogP contribution in [0.3, 0.4) is 0 Å². The molecule has 0 bridgehead atoms. The Bertz CT molecular complexity index is 289. The molecular formula is C9H12BrNO2. The number of halogens is 1. The van der Waals surface area contributed by atoms with Crippen molar-refractivity contribution in [2.75, 3.05) is 0 Å². The van der Waals surface area contributed by atoms with E-state index < -0.39 is 0 Å². The van der Waals surface area contributed by atoms with Gasteiger partial charge in [0.05, 0.1) is 17.2 Å². The predicted octanol–water partition coefficient (Wildman–Crippen LogP) is 2.12. The van der Waals surface area contributed by atoms with Gasteiger partial charge in [0, 0.05) is 18.0 Å². The highest BCUT2D eigenvalue weighted by atomic mass is 79.9. The molecule has 3 nitrogen and oxygen atoms in total. The first kappa shape index (κ1) is 10.5. The molecule has 13 heavy (non-hydrogen) atoms. The van der Waals surface area contributed by atoms with Gasteiger partial charge in [-0.25, -0.2) is 0 Å². The minimum Gasteiger partial charge on any atom is -0.489 e. The zero-order valence-electron chi connectivity index (χ0n) is 7.62. The van der Waals surface area contributed by atoms with Crippen molar-refractivity contribution < 1.29 is 9.84 Å². The van der Waals surface area contributed by atoms with Crippen molar-refractivity contribution in [2.45, 2.75) is 26.6 Å². The Balaban J connectivity index is 3.00. The average molecular weight is 246 g/mol. The SMILES string of the molecule is CC(C)Oc1c(Br)cncc1CO. The normalized spacial score (nSPS) is 10.5. The summed E-state index contributed by atoms with van der Waals surface area (Å²) in [6.45, 7) is 3.82. The van der Waals surface area contributed by atoms with Crippen molar-refractivity contribution in [1.29, 1.82) is 0 Å². The summed E-state index contributed by atoms with van der Waals surface area (Å²) in [7, 11) is 0. The molecule has 0 unspecified atom stereocenters. The van der Waals surface area contributed by atoms with E-state index in [4.69, 9.17) is 9.84 Å². The topological polar surface area (TPSA) is 42.4 Å². The fourth-order valence-electron chi connectivity index (χ4n) is 0.944. The second-order valence-electron chi connectivity index (χ2n) is 2.93. The number of nitrogens with zero attached hydrogens (tertiary/aromatic N) is 1. The highest BCUT2D eigenvalue weighted by molar-refractivity contribution is 9.10. The maximum Gasteiger partial charge on any atom is 0.142 e. The third-order valence-corrected chi connectivity index (χ3v) is 2.02. The van der Waals surface area contributed by atoms with E-state index in [0.29, 0.717) is 11.3 Å². The predicted molar refractivity (Wildman–Crippen MR) is 53.6 cm³/mol. The van der Waals surface area contributed by atoms with Crippen molar-refractivity contribution in [2.24, 2.45) is 0 Å². The monoisotopic (exact) mass is 245 g/mol.